The molecule has 0 spiro atoms. The molecule has 2 heterocycles. The van der Waals surface area contributed by atoms with Crippen molar-refractivity contribution in [2.75, 3.05) is 19.6 Å². The van der Waals surface area contributed by atoms with Gasteiger partial charge in [-0.2, -0.15) is 0 Å². The van der Waals surface area contributed by atoms with Crippen molar-refractivity contribution in [3.63, 3.8) is 0 Å². The van der Waals surface area contributed by atoms with Crippen molar-refractivity contribution >= 4 is 28.6 Å². The summed E-state index contributed by atoms with van der Waals surface area (Å²) in [6, 6.07) is 16.3. The van der Waals surface area contributed by atoms with Crippen LogP contribution in [0.5, 0.6) is 0 Å². The maximum atomic E-state index is 12.6. The minimum Gasteiger partial charge on any atom is -0.353 e. The number of para-hydroxylation sites is 1. The summed E-state index contributed by atoms with van der Waals surface area (Å²) < 4.78 is 0. The second-order valence-electron chi connectivity index (χ2n) is 6.84. The fourth-order valence-corrected chi connectivity index (χ4v) is 3.32. The van der Waals surface area contributed by atoms with E-state index in [1.54, 1.807) is 36.5 Å². The van der Waals surface area contributed by atoms with E-state index < -0.39 is 0 Å². The number of rotatable bonds is 4. The van der Waals surface area contributed by atoms with Crippen LogP contribution >= 0.6 is 0 Å². The number of nitrogens with zero attached hydrogens (tertiary/aromatic N) is 2. The van der Waals surface area contributed by atoms with Gasteiger partial charge in [0.25, 0.3) is 11.8 Å². The molecule has 1 aliphatic rings. The molecule has 7 nitrogen and oxygen atoms in total. The van der Waals surface area contributed by atoms with Gasteiger partial charge in [-0.1, -0.05) is 30.3 Å². The fourth-order valence-electron chi connectivity index (χ4n) is 3.32. The summed E-state index contributed by atoms with van der Waals surface area (Å²) in [6.45, 7) is 1.39. The molecule has 0 atom stereocenters. The molecule has 0 radical (unpaired) electrons. The Bertz CT molecular complexity index is 1070. The largest absolute Gasteiger partial charge is 0.353 e. The Kier molecular flexibility index (Phi) is 5.20. The monoisotopic (exact) mass is 388 g/mol. The predicted molar refractivity (Wildman–Crippen MR) is 108 cm³/mol. The lowest BCUT2D eigenvalue weighted by molar-refractivity contribution is -0.123. The zero-order chi connectivity index (χ0) is 20.2. The van der Waals surface area contributed by atoms with Gasteiger partial charge in [-0.15, -0.1) is 0 Å². The lowest BCUT2D eigenvalue weighted by atomic mass is 10.1. The molecule has 0 aliphatic carbocycles. The van der Waals surface area contributed by atoms with Gasteiger partial charge in [0.2, 0.25) is 5.91 Å². The van der Waals surface area contributed by atoms with Crippen LogP contribution in [0, 0.1) is 0 Å². The normalized spacial score (nSPS) is 13.8. The number of piperazine rings is 1. The van der Waals surface area contributed by atoms with Crippen LogP contribution in [0.25, 0.3) is 10.9 Å². The van der Waals surface area contributed by atoms with Crippen LogP contribution in [-0.2, 0) is 11.3 Å². The molecule has 2 aromatic carbocycles. The van der Waals surface area contributed by atoms with Crippen LogP contribution in [0.15, 0.2) is 60.8 Å². The highest BCUT2D eigenvalue weighted by molar-refractivity contribution is 6.05. The van der Waals surface area contributed by atoms with E-state index in [4.69, 9.17) is 0 Å². The van der Waals surface area contributed by atoms with E-state index in [-0.39, 0.29) is 24.3 Å². The SMILES string of the molecule is O=C1CN(C(=O)c2ccc(CNC(=O)c3cccc4cccnc34)cc2)CCN1. The quantitative estimate of drug-likeness (QED) is 0.712. The Labute approximate surface area is 167 Å². The maximum absolute atomic E-state index is 12.6. The minimum atomic E-state index is -0.200. The molecule has 1 saturated heterocycles. The zero-order valence-electron chi connectivity index (χ0n) is 15.7. The number of hydrogen-bond acceptors (Lipinski definition) is 4. The van der Waals surface area contributed by atoms with E-state index in [0.717, 1.165) is 10.9 Å². The van der Waals surface area contributed by atoms with Crippen molar-refractivity contribution in [1.29, 1.82) is 0 Å². The first kappa shape index (κ1) is 18.6. The molecule has 0 unspecified atom stereocenters. The van der Waals surface area contributed by atoms with Gasteiger partial charge >= 0.3 is 0 Å². The number of fused-ring (bicyclic) bond motifs is 1. The third kappa shape index (κ3) is 4.08. The molecule has 1 aliphatic heterocycles. The number of carbonyl (C=O) groups excluding carboxylic acids is 3. The summed E-state index contributed by atoms with van der Waals surface area (Å²) in [6.07, 6.45) is 1.67. The van der Waals surface area contributed by atoms with E-state index in [1.165, 1.54) is 4.90 Å². The number of carbonyl (C=O) groups is 3. The summed E-state index contributed by atoms with van der Waals surface area (Å²) in [5.41, 5.74) is 2.59. The summed E-state index contributed by atoms with van der Waals surface area (Å²) in [5, 5.41) is 6.51. The second kappa shape index (κ2) is 8.10. The van der Waals surface area contributed by atoms with E-state index in [0.29, 0.717) is 36.3 Å². The van der Waals surface area contributed by atoms with Gasteiger partial charge in [-0.3, -0.25) is 19.4 Å². The third-order valence-electron chi connectivity index (χ3n) is 4.86. The van der Waals surface area contributed by atoms with Crippen LogP contribution in [0.2, 0.25) is 0 Å². The van der Waals surface area contributed by atoms with Gasteiger partial charge in [0.1, 0.15) is 0 Å². The summed E-state index contributed by atoms with van der Waals surface area (Å²) >= 11 is 0. The van der Waals surface area contributed by atoms with Gasteiger partial charge in [0, 0.05) is 36.8 Å². The van der Waals surface area contributed by atoms with Crippen molar-refractivity contribution in [3.05, 3.63) is 77.5 Å². The number of hydrogen-bond donors (Lipinski definition) is 2. The topological polar surface area (TPSA) is 91.4 Å². The highest BCUT2D eigenvalue weighted by Gasteiger charge is 2.22. The van der Waals surface area contributed by atoms with Crippen molar-refractivity contribution in [2.45, 2.75) is 6.54 Å². The Morgan fingerprint density at radius 3 is 2.66 bits per heavy atom. The Hall–Kier alpha value is -3.74. The van der Waals surface area contributed by atoms with Gasteiger partial charge in [-0.25, -0.2) is 0 Å². The molecular formula is C22H20N4O3. The standard InChI is InChI=1S/C22H20N4O3/c27-19-14-26(12-11-23-19)22(29)17-8-6-15(7-9-17)13-25-21(28)18-5-1-3-16-4-2-10-24-20(16)18/h1-10H,11-14H2,(H,23,27)(H,25,28). The lowest BCUT2D eigenvalue weighted by Gasteiger charge is -2.26. The smallest absolute Gasteiger partial charge is 0.254 e. The Morgan fingerprint density at radius 2 is 1.86 bits per heavy atom. The molecule has 3 amide bonds. The molecule has 7 heteroatoms. The lowest BCUT2D eigenvalue weighted by Crippen LogP contribution is -2.49. The molecule has 29 heavy (non-hydrogen) atoms. The number of pyridine rings is 1. The van der Waals surface area contributed by atoms with Gasteiger partial charge in [0.05, 0.1) is 17.6 Å². The summed E-state index contributed by atoms with van der Waals surface area (Å²) in [5.74, 6) is -0.516. The van der Waals surface area contributed by atoms with Crippen molar-refractivity contribution < 1.29 is 14.4 Å². The molecule has 1 aromatic heterocycles. The van der Waals surface area contributed by atoms with Crippen LogP contribution < -0.4 is 10.6 Å². The maximum Gasteiger partial charge on any atom is 0.254 e. The third-order valence-corrected chi connectivity index (χ3v) is 4.86. The highest BCUT2D eigenvalue weighted by Crippen LogP contribution is 2.16. The van der Waals surface area contributed by atoms with Crippen molar-refractivity contribution in [1.82, 2.24) is 20.5 Å². The fraction of sp³-hybridized carbons (Fsp3) is 0.182. The average molecular weight is 388 g/mol. The molecule has 1 fully saturated rings. The first-order valence-electron chi connectivity index (χ1n) is 9.39. The van der Waals surface area contributed by atoms with E-state index in [9.17, 15) is 14.4 Å². The molecule has 0 saturated carbocycles. The number of benzene rings is 2. The van der Waals surface area contributed by atoms with E-state index in [2.05, 4.69) is 15.6 Å². The zero-order valence-corrected chi connectivity index (χ0v) is 15.7. The number of aromatic nitrogens is 1. The van der Waals surface area contributed by atoms with Gasteiger partial charge < -0.3 is 15.5 Å². The van der Waals surface area contributed by atoms with E-state index >= 15 is 0 Å². The van der Waals surface area contributed by atoms with Crippen LogP contribution in [-0.4, -0.2) is 47.2 Å². The van der Waals surface area contributed by atoms with Gasteiger partial charge in [0.15, 0.2) is 0 Å². The predicted octanol–water partition coefficient (Wildman–Crippen LogP) is 1.74. The van der Waals surface area contributed by atoms with Crippen molar-refractivity contribution in [2.24, 2.45) is 0 Å². The molecule has 4 rings (SSSR count). The molecule has 3 aromatic rings. The molecular weight excluding hydrogens is 368 g/mol. The van der Waals surface area contributed by atoms with Crippen LogP contribution in [0.3, 0.4) is 0 Å². The van der Waals surface area contributed by atoms with Crippen molar-refractivity contribution in [3.8, 4) is 0 Å². The molecule has 0 bridgehead atoms. The number of amides is 3. The number of nitrogens with one attached hydrogen (secondary N) is 2. The summed E-state index contributed by atoms with van der Waals surface area (Å²) in [4.78, 5) is 42.4. The average Bonchev–Trinajstić information content (AvgIpc) is 2.77. The van der Waals surface area contributed by atoms with Crippen LogP contribution in [0.1, 0.15) is 26.3 Å². The molecule has 2 N–H and O–H groups in total. The minimum absolute atomic E-state index is 0.0791. The first-order chi connectivity index (χ1) is 14.1. The molecule has 146 valence electrons. The summed E-state index contributed by atoms with van der Waals surface area (Å²) in [7, 11) is 0. The first-order valence-corrected chi connectivity index (χ1v) is 9.39. The Balaban J connectivity index is 1.40. The van der Waals surface area contributed by atoms with Crippen LogP contribution in [0.4, 0.5) is 0 Å². The Morgan fingerprint density at radius 1 is 1.07 bits per heavy atom. The highest BCUT2D eigenvalue weighted by atomic mass is 16.2. The van der Waals surface area contributed by atoms with Gasteiger partial charge in [-0.05, 0) is 29.8 Å². The second-order valence-corrected chi connectivity index (χ2v) is 6.84. The van der Waals surface area contributed by atoms with E-state index in [1.807, 2.05) is 24.3 Å².